The Kier molecular flexibility index (Phi) is 3.33. The van der Waals surface area contributed by atoms with E-state index in [-0.39, 0.29) is 6.10 Å². The lowest BCUT2D eigenvalue weighted by Gasteiger charge is -2.11. The van der Waals surface area contributed by atoms with Gasteiger partial charge in [-0.25, -0.2) is 0 Å². The van der Waals surface area contributed by atoms with Gasteiger partial charge in [0.05, 0.1) is 6.10 Å². The van der Waals surface area contributed by atoms with Crippen LogP contribution in [0.15, 0.2) is 48.5 Å². The fourth-order valence-electron chi connectivity index (χ4n) is 1.77. The Bertz CT molecular complexity index is 506. The van der Waals surface area contributed by atoms with Crippen molar-refractivity contribution in [3.05, 3.63) is 48.5 Å². The molecule has 0 aliphatic heterocycles. The lowest BCUT2D eigenvalue weighted by molar-refractivity contribution is 0.242. The first kappa shape index (κ1) is 11.5. The van der Waals surface area contributed by atoms with Gasteiger partial charge in [-0.05, 0) is 37.6 Å². The average Bonchev–Trinajstić information content (AvgIpc) is 2.29. The summed E-state index contributed by atoms with van der Waals surface area (Å²) < 4.78 is 5.68. The number of hydrogen-bond donors (Lipinski definition) is 1. The first-order valence-corrected chi connectivity index (χ1v) is 5.78. The number of benzene rings is 2. The van der Waals surface area contributed by atoms with Crippen molar-refractivity contribution in [3.8, 4) is 16.9 Å². The van der Waals surface area contributed by atoms with E-state index < -0.39 is 0 Å². The van der Waals surface area contributed by atoms with Crippen molar-refractivity contribution in [1.29, 1.82) is 0 Å². The maximum atomic E-state index is 5.96. The molecule has 0 fully saturated rings. The molecule has 0 saturated heterocycles. The van der Waals surface area contributed by atoms with Gasteiger partial charge >= 0.3 is 0 Å². The molecule has 2 heteroatoms. The van der Waals surface area contributed by atoms with Crippen molar-refractivity contribution in [2.75, 3.05) is 5.73 Å². The summed E-state index contributed by atoms with van der Waals surface area (Å²) in [5.74, 6) is 0.876. The molecule has 2 aromatic rings. The topological polar surface area (TPSA) is 35.2 Å². The highest BCUT2D eigenvalue weighted by Crippen LogP contribution is 2.28. The Morgan fingerprint density at radius 1 is 1.00 bits per heavy atom. The van der Waals surface area contributed by atoms with Gasteiger partial charge in [-0.1, -0.05) is 30.3 Å². The zero-order valence-electron chi connectivity index (χ0n) is 10.2. The van der Waals surface area contributed by atoms with Crippen LogP contribution in [0.1, 0.15) is 13.8 Å². The Morgan fingerprint density at radius 3 is 2.47 bits per heavy atom. The largest absolute Gasteiger partial charge is 0.491 e. The van der Waals surface area contributed by atoms with Crippen molar-refractivity contribution < 1.29 is 4.74 Å². The molecule has 2 nitrogen and oxygen atoms in total. The van der Waals surface area contributed by atoms with E-state index in [0.717, 1.165) is 22.6 Å². The lowest BCUT2D eigenvalue weighted by Crippen LogP contribution is -2.05. The summed E-state index contributed by atoms with van der Waals surface area (Å²) in [5, 5.41) is 0. The molecule has 2 aromatic carbocycles. The molecule has 0 amide bonds. The third-order valence-electron chi connectivity index (χ3n) is 2.48. The molecule has 2 N–H and O–H groups in total. The highest BCUT2D eigenvalue weighted by Gasteiger charge is 2.04. The number of rotatable bonds is 3. The van der Waals surface area contributed by atoms with Crippen LogP contribution in [-0.4, -0.2) is 6.10 Å². The van der Waals surface area contributed by atoms with Crippen molar-refractivity contribution in [3.63, 3.8) is 0 Å². The molecule has 0 radical (unpaired) electrons. The van der Waals surface area contributed by atoms with Crippen LogP contribution < -0.4 is 10.5 Å². The van der Waals surface area contributed by atoms with Gasteiger partial charge in [-0.2, -0.15) is 0 Å². The summed E-state index contributed by atoms with van der Waals surface area (Å²) >= 11 is 0. The van der Waals surface area contributed by atoms with E-state index in [1.54, 1.807) is 0 Å². The van der Waals surface area contributed by atoms with E-state index in [0.29, 0.717) is 0 Å². The van der Waals surface area contributed by atoms with Crippen molar-refractivity contribution in [2.45, 2.75) is 20.0 Å². The zero-order chi connectivity index (χ0) is 12.3. The molecule has 0 atom stereocenters. The maximum Gasteiger partial charge on any atom is 0.120 e. The summed E-state index contributed by atoms with van der Waals surface area (Å²) in [6.07, 6.45) is 0.179. The first-order chi connectivity index (χ1) is 8.16. The SMILES string of the molecule is CC(C)Oc1cccc(-c2ccccc2N)c1. The molecule has 2 rings (SSSR count). The van der Waals surface area contributed by atoms with Gasteiger partial charge in [-0.15, -0.1) is 0 Å². The van der Waals surface area contributed by atoms with Crippen LogP contribution in [0, 0.1) is 0 Å². The van der Waals surface area contributed by atoms with Crippen LogP contribution in [0.25, 0.3) is 11.1 Å². The molecule has 0 spiro atoms. The fraction of sp³-hybridized carbons (Fsp3) is 0.200. The minimum Gasteiger partial charge on any atom is -0.491 e. The summed E-state index contributed by atoms with van der Waals surface area (Å²) in [6.45, 7) is 4.03. The normalized spacial score (nSPS) is 10.5. The monoisotopic (exact) mass is 227 g/mol. The lowest BCUT2D eigenvalue weighted by atomic mass is 10.0. The van der Waals surface area contributed by atoms with E-state index in [1.165, 1.54) is 0 Å². The number of ether oxygens (including phenoxy) is 1. The van der Waals surface area contributed by atoms with Gasteiger partial charge in [0.1, 0.15) is 5.75 Å². The Morgan fingerprint density at radius 2 is 1.76 bits per heavy atom. The molecule has 0 heterocycles. The number of nitrogen functional groups attached to an aromatic ring is 1. The Hall–Kier alpha value is -1.96. The average molecular weight is 227 g/mol. The van der Waals surface area contributed by atoms with Crippen LogP contribution >= 0.6 is 0 Å². The van der Waals surface area contributed by atoms with Crippen LogP contribution in [0.3, 0.4) is 0 Å². The minimum absolute atomic E-state index is 0.179. The van der Waals surface area contributed by atoms with E-state index in [2.05, 4.69) is 0 Å². The van der Waals surface area contributed by atoms with Gasteiger partial charge in [0.25, 0.3) is 0 Å². The summed E-state index contributed by atoms with van der Waals surface area (Å²) in [6, 6.07) is 15.9. The molecule has 0 saturated carbocycles. The summed E-state index contributed by atoms with van der Waals surface area (Å²) in [5.41, 5.74) is 8.88. The Balaban J connectivity index is 2.37. The standard InChI is InChI=1S/C15H17NO/c1-11(2)17-13-7-5-6-12(10-13)14-8-3-4-9-15(14)16/h3-11H,16H2,1-2H3. The van der Waals surface area contributed by atoms with Crippen molar-refractivity contribution >= 4 is 5.69 Å². The second-order valence-corrected chi connectivity index (χ2v) is 4.28. The smallest absolute Gasteiger partial charge is 0.120 e. The zero-order valence-corrected chi connectivity index (χ0v) is 10.2. The van der Waals surface area contributed by atoms with Crippen LogP contribution in [-0.2, 0) is 0 Å². The van der Waals surface area contributed by atoms with E-state index >= 15 is 0 Å². The first-order valence-electron chi connectivity index (χ1n) is 5.78. The molecule has 17 heavy (non-hydrogen) atoms. The predicted octanol–water partition coefficient (Wildman–Crippen LogP) is 3.72. The van der Waals surface area contributed by atoms with Gasteiger partial charge in [0, 0.05) is 11.3 Å². The quantitative estimate of drug-likeness (QED) is 0.811. The van der Waals surface area contributed by atoms with Crippen molar-refractivity contribution in [2.24, 2.45) is 0 Å². The minimum atomic E-state index is 0.179. The highest BCUT2D eigenvalue weighted by molar-refractivity contribution is 5.76. The maximum absolute atomic E-state index is 5.96. The molecule has 0 bridgehead atoms. The second-order valence-electron chi connectivity index (χ2n) is 4.28. The second kappa shape index (κ2) is 4.91. The van der Waals surface area contributed by atoms with Crippen LogP contribution in [0.5, 0.6) is 5.75 Å². The molecule has 0 aliphatic carbocycles. The van der Waals surface area contributed by atoms with Gasteiger partial charge in [-0.3, -0.25) is 0 Å². The van der Waals surface area contributed by atoms with Crippen LogP contribution in [0.2, 0.25) is 0 Å². The van der Waals surface area contributed by atoms with E-state index in [1.807, 2.05) is 62.4 Å². The van der Waals surface area contributed by atoms with Gasteiger partial charge in [0.15, 0.2) is 0 Å². The predicted molar refractivity (Wildman–Crippen MR) is 72.1 cm³/mol. The van der Waals surface area contributed by atoms with E-state index in [9.17, 15) is 0 Å². The molecular formula is C15H17NO. The number of nitrogens with two attached hydrogens (primary N) is 1. The van der Waals surface area contributed by atoms with Gasteiger partial charge in [0.2, 0.25) is 0 Å². The third-order valence-corrected chi connectivity index (χ3v) is 2.48. The number of hydrogen-bond acceptors (Lipinski definition) is 2. The van der Waals surface area contributed by atoms with Crippen molar-refractivity contribution in [1.82, 2.24) is 0 Å². The molecule has 0 aromatic heterocycles. The Labute approximate surface area is 102 Å². The summed E-state index contributed by atoms with van der Waals surface area (Å²) in [7, 11) is 0. The molecular weight excluding hydrogens is 210 g/mol. The van der Waals surface area contributed by atoms with Crippen LogP contribution in [0.4, 0.5) is 5.69 Å². The summed E-state index contributed by atoms with van der Waals surface area (Å²) in [4.78, 5) is 0. The molecule has 0 unspecified atom stereocenters. The third kappa shape index (κ3) is 2.78. The highest BCUT2D eigenvalue weighted by atomic mass is 16.5. The molecule has 0 aliphatic rings. The molecule has 88 valence electrons. The number of para-hydroxylation sites is 1. The number of anilines is 1. The van der Waals surface area contributed by atoms with E-state index in [4.69, 9.17) is 10.5 Å². The van der Waals surface area contributed by atoms with Gasteiger partial charge < -0.3 is 10.5 Å². The fourth-order valence-corrected chi connectivity index (χ4v) is 1.77.